The van der Waals surface area contributed by atoms with Gasteiger partial charge in [0.15, 0.2) is 0 Å². The van der Waals surface area contributed by atoms with Crippen LogP contribution in [0.25, 0.3) is 0 Å². The van der Waals surface area contributed by atoms with Crippen molar-refractivity contribution in [3.8, 4) is 0 Å². The molecule has 0 unspecified atom stereocenters. The summed E-state index contributed by atoms with van der Waals surface area (Å²) in [5.74, 6) is 0.555. The minimum Gasteiger partial charge on any atom is -0.396 e. The molecule has 2 heterocycles. The summed E-state index contributed by atoms with van der Waals surface area (Å²) in [4.78, 5) is 18.5. The van der Waals surface area contributed by atoms with Crippen LogP contribution >= 0.6 is 11.6 Å². The zero-order valence-corrected chi connectivity index (χ0v) is 13.3. The lowest BCUT2D eigenvalue weighted by Crippen LogP contribution is -2.44. The van der Waals surface area contributed by atoms with Crippen LogP contribution in [-0.4, -0.2) is 47.6 Å². The van der Waals surface area contributed by atoms with Gasteiger partial charge in [-0.3, -0.25) is 4.79 Å². The lowest BCUT2D eigenvalue weighted by Gasteiger charge is -2.40. The summed E-state index contributed by atoms with van der Waals surface area (Å²) in [6, 6.07) is 3.31. The molecule has 21 heavy (non-hydrogen) atoms. The molecule has 1 aliphatic rings. The summed E-state index contributed by atoms with van der Waals surface area (Å²) in [5, 5.41) is 12.8. The summed E-state index contributed by atoms with van der Waals surface area (Å²) in [7, 11) is 1.74. The zero-order valence-electron chi connectivity index (χ0n) is 12.5. The van der Waals surface area contributed by atoms with Crippen molar-refractivity contribution in [3.05, 3.63) is 22.8 Å². The Balaban J connectivity index is 2.10. The average Bonchev–Trinajstić information content (AvgIpc) is 2.53. The first-order valence-electron chi connectivity index (χ1n) is 7.29. The number of pyridine rings is 1. The van der Waals surface area contributed by atoms with E-state index in [0.717, 1.165) is 19.3 Å². The van der Waals surface area contributed by atoms with Crippen LogP contribution in [0.15, 0.2) is 12.1 Å². The normalized spacial score (nSPS) is 17.6. The second kappa shape index (κ2) is 6.62. The Morgan fingerprint density at radius 3 is 2.67 bits per heavy atom. The van der Waals surface area contributed by atoms with Crippen LogP contribution in [0.5, 0.6) is 0 Å². The summed E-state index contributed by atoms with van der Waals surface area (Å²) in [6.07, 6.45) is 2.61. The smallest absolute Gasteiger partial charge is 0.254 e. The first-order valence-corrected chi connectivity index (χ1v) is 7.67. The van der Waals surface area contributed by atoms with E-state index in [4.69, 9.17) is 11.6 Å². The van der Waals surface area contributed by atoms with Crippen molar-refractivity contribution in [2.75, 3.05) is 32.1 Å². The minimum atomic E-state index is -0.0292. The first-order chi connectivity index (χ1) is 10.0. The Hall–Kier alpha value is -1.33. The molecule has 1 saturated heterocycles. The van der Waals surface area contributed by atoms with Gasteiger partial charge in [0, 0.05) is 32.3 Å². The number of anilines is 1. The highest BCUT2D eigenvalue weighted by Gasteiger charge is 2.34. The van der Waals surface area contributed by atoms with Crippen molar-refractivity contribution in [2.24, 2.45) is 5.41 Å². The third kappa shape index (κ3) is 3.47. The number of nitrogens with one attached hydrogen (secondary N) is 1. The Kier molecular flexibility index (Phi) is 5.06. The molecule has 2 rings (SSSR count). The van der Waals surface area contributed by atoms with Crippen LogP contribution < -0.4 is 5.32 Å². The summed E-state index contributed by atoms with van der Waals surface area (Å²) < 4.78 is 0. The van der Waals surface area contributed by atoms with Crippen LogP contribution in [0.3, 0.4) is 0 Å². The molecule has 2 N–H and O–H groups in total. The number of aliphatic hydroxyl groups excluding tert-OH is 1. The molecule has 0 radical (unpaired) electrons. The van der Waals surface area contributed by atoms with Gasteiger partial charge in [0.25, 0.3) is 5.91 Å². The quantitative estimate of drug-likeness (QED) is 0.838. The van der Waals surface area contributed by atoms with E-state index in [0.29, 0.717) is 29.6 Å². The molecular weight excluding hydrogens is 290 g/mol. The van der Waals surface area contributed by atoms with Crippen molar-refractivity contribution in [3.63, 3.8) is 0 Å². The van der Waals surface area contributed by atoms with Crippen molar-refractivity contribution in [1.82, 2.24) is 9.88 Å². The van der Waals surface area contributed by atoms with Crippen LogP contribution in [-0.2, 0) is 0 Å². The Morgan fingerprint density at radius 1 is 1.48 bits per heavy atom. The van der Waals surface area contributed by atoms with Gasteiger partial charge in [-0.15, -0.1) is 0 Å². The summed E-state index contributed by atoms with van der Waals surface area (Å²) in [6.45, 7) is 3.62. The molecule has 1 aromatic rings. The molecule has 0 bridgehead atoms. The first kappa shape index (κ1) is 16.0. The number of aromatic nitrogens is 1. The predicted octanol–water partition coefficient (Wildman–Crippen LogP) is 2.40. The monoisotopic (exact) mass is 311 g/mol. The van der Waals surface area contributed by atoms with E-state index in [9.17, 15) is 9.90 Å². The molecule has 1 aliphatic heterocycles. The zero-order chi connectivity index (χ0) is 15.5. The van der Waals surface area contributed by atoms with Crippen molar-refractivity contribution in [2.45, 2.75) is 26.2 Å². The maximum absolute atomic E-state index is 12.6. The van der Waals surface area contributed by atoms with Gasteiger partial charge in [-0.1, -0.05) is 18.5 Å². The predicted molar refractivity (Wildman–Crippen MR) is 83.7 cm³/mol. The number of nitrogens with zero attached hydrogens (tertiary/aromatic N) is 2. The van der Waals surface area contributed by atoms with Crippen LogP contribution in [0.4, 0.5) is 5.82 Å². The van der Waals surface area contributed by atoms with Crippen molar-refractivity contribution in [1.29, 1.82) is 0 Å². The van der Waals surface area contributed by atoms with Crippen molar-refractivity contribution < 1.29 is 9.90 Å². The largest absolute Gasteiger partial charge is 0.396 e. The lowest BCUT2D eigenvalue weighted by molar-refractivity contribution is 0.0338. The van der Waals surface area contributed by atoms with Gasteiger partial charge in [-0.05, 0) is 36.8 Å². The number of piperidine rings is 1. The van der Waals surface area contributed by atoms with E-state index < -0.39 is 0 Å². The fourth-order valence-corrected chi connectivity index (χ4v) is 2.95. The van der Waals surface area contributed by atoms with Crippen LogP contribution in [0, 0.1) is 5.41 Å². The molecular formula is C15H22ClN3O2. The molecule has 1 fully saturated rings. The second-order valence-corrected chi connectivity index (χ2v) is 6.00. The molecule has 1 aromatic heterocycles. The SMILES string of the molecule is CCC1(CO)CCN(C(=O)c2cc(Cl)nc(NC)c2)CC1. The molecule has 0 atom stereocenters. The minimum absolute atomic E-state index is 0.0250. The summed E-state index contributed by atoms with van der Waals surface area (Å²) in [5.41, 5.74) is 0.523. The second-order valence-electron chi connectivity index (χ2n) is 5.62. The summed E-state index contributed by atoms with van der Waals surface area (Å²) >= 11 is 5.95. The van der Waals surface area contributed by atoms with Crippen molar-refractivity contribution >= 4 is 23.3 Å². The Labute approximate surface area is 130 Å². The van der Waals surface area contributed by atoms with E-state index in [2.05, 4.69) is 17.2 Å². The van der Waals surface area contributed by atoms with Crippen LogP contribution in [0.1, 0.15) is 36.5 Å². The van der Waals surface area contributed by atoms with E-state index >= 15 is 0 Å². The number of amides is 1. The highest BCUT2D eigenvalue weighted by molar-refractivity contribution is 6.29. The number of hydrogen-bond acceptors (Lipinski definition) is 4. The maximum Gasteiger partial charge on any atom is 0.254 e. The van der Waals surface area contributed by atoms with Gasteiger partial charge < -0.3 is 15.3 Å². The highest BCUT2D eigenvalue weighted by atomic mass is 35.5. The molecule has 0 aromatic carbocycles. The van der Waals surface area contributed by atoms with Gasteiger partial charge in [-0.2, -0.15) is 0 Å². The number of hydrogen-bond donors (Lipinski definition) is 2. The van der Waals surface area contributed by atoms with Gasteiger partial charge in [0.2, 0.25) is 0 Å². The average molecular weight is 312 g/mol. The fraction of sp³-hybridized carbons (Fsp3) is 0.600. The maximum atomic E-state index is 12.6. The van der Waals surface area contributed by atoms with Gasteiger partial charge in [-0.25, -0.2) is 4.98 Å². The Morgan fingerprint density at radius 2 is 2.14 bits per heavy atom. The number of halogens is 1. The molecule has 0 aliphatic carbocycles. The lowest BCUT2D eigenvalue weighted by atomic mass is 9.77. The Bertz CT molecular complexity index is 508. The molecule has 116 valence electrons. The number of rotatable bonds is 4. The van der Waals surface area contributed by atoms with Gasteiger partial charge in [0.1, 0.15) is 11.0 Å². The van der Waals surface area contributed by atoms with E-state index in [1.54, 1.807) is 19.2 Å². The van der Waals surface area contributed by atoms with E-state index in [1.165, 1.54) is 0 Å². The van der Waals surface area contributed by atoms with E-state index in [-0.39, 0.29) is 17.9 Å². The van der Waals surface area contributed by atoms with Crippen LogP contribution in [0.2, 0.25) is 5.15 Å². The highest BCUT2D eigenvalue weighted by Crippen LogP contribution is 2.34. The molecule has 6 heteroatoms. The molecule has 1 amide bonds. The van der Waals surface area contributed by atoms with Gasteiger partial charge >= 0.3 is 0 Å². The molecule has 5 nitrogen and oxygen atoms in total. The molecule has 0 spiro atoms. The standard InChI is InChI=1S/C15H22ClN3O2/c1-3-15(10-20)4-6-19(7-5-15)14(21)11-8-12(16)18-13(9-11)17-2/h8-9,20H,3-7,10H2,1-2H3,(H,17,18). The number of carbonyl (C=O) groups excluding carboxylic acids is 1. The number of aliphatic hydroxyl groups is 1. The molecule has 0 saturated carbocycles. The van der Waals surface area contributed by atoms with Gasteiger partial charge in [0.05, 0.1) is 0 Å². The number of carbonyl (C=O) groups is 1. The number of likely N-dealkylation sites (tertiary alicyclic amines) is 1. The van der Waals surface area contributed by atoms with E-state index in [1.807, 2.05) is 4.90 Å². The third-order valence-electron chi connectivity index (χ3n) is 4.49. The fourth-order valence-electron chi connectivity index (χ4n) is 2.74. The topological polar surface area (TPSA) is 65.5 Å². The third-order valence-corrected chi connectivity index (χ3v) is 4.69.